The molecule has 0 bridgehead atoms. The maximum absolute atomic E-state index is 12.9. The van der Waals surface area contributed by atoms with E-state index in [-0.39, 0.29) is 11.3 Å². The third-order valence-electron chi connectivity index (χ3n) is 2.85. The molecule has 3 rings (SSSR count). The van der Waals surface area contributed by atoms with E-state index in [9.17, 15) is 13.2 Å². The molecule has 3 aromatic rings. The van der Waals surface area contributed by atoms with E-state index < -0.39 is 11.1 Å². The molecule has 0 aromatic carbocycles. The van der Waals surface area contributed by atoms with E-state index in [0.29, 0.717) is 27.9 Å². The number of fused-ring (bicyclic) bond motifs is 1. The van der Waals surface area contributed by atoms with Gasteiger partial charge >= 0.3 is 6.18 Å². The Morgan fingerprint density at radius 1 is 1.20 bits per heavy atom. The van der Waals surface area contributed by atoms with Crippen LogP contribution in [0.15, 0.2) is 29.8 Å². The van der Waals surface area contributed by atoms with Gasteiger partial charge in [0, 0.05) is 17.3 Å². The summed E-state index contributed by atoms with van der Waals surface area (Å²) >= 11 is 0.642. The van der Waals surface area contributed by atoms with Crippen LogP contribution in [0.3, 0.4) is 0 Å². The Morgan fingerprint density at radius 2 is 2.00 bits per heavy atom. The van der Waals surface area contributed by atoms with Crippen molar-refractivity contribution in [2.75, 3.05) is 0 Å². The molecule has 100 valence electrons. The van der Waals surface area contributed by atoms with Crippen molar-refractivity contribution in [2.24, 2.45) is 0 Å². The molecule has 20 heavy (non-hydrogen) atoms. The Hall–Kier alpha value is -2.33. The Morgan fingerprint density at radius 3 is 2.70 bits per heavy atom. The zero-order valence-corrected chi connectivity index (χ0v) is 10.6. The third-order valence-corrected chi connectivity index (χ3v) is 3.81. The fourth-order valence-corrected chi connectivity index (χ4v) is 2.79. The van der Waals surface area contributed by atoms with Crippen LogP contribution in [-0.2, 0) is 6.18 Å². The highest BCUT2D eigenvalue weighted by Crippen LogP contribution is 2.42. The first-order valence-electron chi connectivity index (χ1n) is 5.54. The molecular weight excluding hydrogens is 287 g/mol. The van der Waals surface area contributed by atoms with Gasteiger partial charge in [-0.05, 0) is 23.6 Å². The Balaban J connectivity index is 2.26. The molecule has 0 aliphatic rings. The number of thiophene rings is 1. The zero-order chi connectivity index (χ0) is 14.3. The molecule has 7 heteroatoms. The van der Waals surface area contributed by atoms with Crippen molar-refractivity contribution in [1.29, 1.82) is 5.26 Å². The summed E-state index contributed by atoms with van der Waals surface area (Å²) in [4.78, 5) is 6.29. The van der Waals surface area contributed by atoms with E-state index in [0.717, 1.165) is 0 Å². The van der Waals surface area contributed by atoms with Crippen molar-refractivity contribution in [2.45, 2.75) is 6.18 Å². The lowest BCUT2D eigenvalue weighted by Crippen LogP contribution is -2.03. The highest BCUT2D eigenvalue weighted by atomic mass is 32.1. The van der Waals surface area contributed by atoms with Gasteiger partial charge in [0.15, 0.2) is 0 Å². The molecule has 0 aliphatic heterocycles. The molecule has 1 N–H and O–H groups in total. The fourth-order valence-electron chi connectivity index (χ4n) is 2.01. The van der Waals surface area contributed by atoms with Crippen molar-refractivity contribution < 1.29 is 13.2 Å². The number of H-pyrrole nitrogens is 1. The van der Waals surface area contributed by atoms with Gasteiger partial charge < -0.3 is 4.98 Å². The van der Waals surface area contributed by atoms with Gasteiger partial charge in [0.05, 0.1) is 11.0 Å². The van der Waals surface area contributed by atoms with Crippen LogP contribution in [0, 0.1) is 11.3 Å². The number of aromatic amines is 1. The van der Waals surface area contributed by atoms with Crippen LogP contribution in [0.2, 0.25) is 0 Å². The summed E-state index contributed by atoms with van der Waals surface area (Å²) in [5.41, 5.74) is 1.57. The summed E-state index contributed by atoms with van der Waals surface area (Å²) in [6.45, 7) is 0. The monoisotopic (exact) mass is 293 g/mol. The van der Waals surface area contributed by atoms with Crippen LogP contribution in [0.5, 0.6) is 0 Å². The number of aromatic nitrogens is 2. The normalized spacial score (nSPS) is 11.7. The van der Waals surface area contributed by atoms with Crippen LogP contribution >= 0.6 is 11.3 Å². The average Bonchev–Trinajstić information content (AvgIpc) is 3.02. The molecule has 0 saturated heterocycles. The zero-order valence-electron chi connectivity index (χ0n) is 9.82. The quantitative estimate of drug-likeness (QED) is 0.731. The van der Waals surface area contributed by atoms with Crippen LogP contribution in [0.25, 0.3) is 22.2 Å². The lowest BCUT2D eigenvalue weighted by Gasteiger charge is -2.06. The van der Waals surface area contributed by atoms with Gasteiger partial charge in [0.1, 0.15) is 16.6 Å². The Bertz CT molecular complexity index is 823. The number of hydrogen-bond donors (Lipinski definition) is 1. The second kappa shape index (κ2) is 4.35. The fraction of sp³-hybridized carbons (Fsp3) is 0.0769. The number of nitrogens with one attached hydrogen (secondary N) is 1. The number of alkyl halides is 3. The predicted molar refractivity (Wildman–Crippen MR) is 69.1 cm³/mol. The molecule has 0 spiro atoms. The van der Waals surface area contributed by atoms with E-state index in [4.69, 9.17) is 5.26 Å². The number of rotatable bonds is 1. The first-order valence-corrected chi connectivity index (χ1v) is 6.42. The average molecular weight is 293 g/mol. The van der Waals surface area contributed by atoms with E-state index in [1.165, 1.54) is 23.7 Å². The highest BCUT2D eigenvalue weighted by Gasteiger charge is 2.35. The summed E-state index contributed by atoms with van der Waals surface area (Å²) in [5, 5.41) is 10.2. The topological polar surface area (TPSA) is 52.5 Å². The summed E-state index contributed by atoms with van der Waals surface area (Å²) in [6, 6.07) is 6.44. The molecule has 0 saturated carbocycles. The first-order chi connectivity index (χ1) is 9.50. The maximum Gasteiger partial charge on any atom is 0.426 e. The summed E-state index contributed by atoms with van der Waals surface area (Å²) < 4.78 is 38.8. The van der Waals surface area contributed by atoms with Crippen LogP contribution < -0.4 is 0 Å². The number of halogens is 3. The van der Waals surface area contributed by atoms with Crippen molar-refractivity contribution in [3.8, 4) is 17.2 Å². The molecule has 0 radical (unpaired) electrons. The van der Waals surface area contributed by atoms with Crippen molar-refractivity contribution in [1.82, 2.24) is 9.97 Å². The van der Waals surface area contributed by atoms with Crippen LogP contribution in [0.4, 0.5) is 13.2 Å². The lowest BCUT2D eigenvalue weighted by molar-refractivity contribution is -0.133. The Labute approximate surface area is 115 Å². The molecule has 0 unspecified atom stereocenters. The predicted octanol–water partition coefficient (Wildman–Crippen LogP) is 4.18. The van der Waals surface area contributed by atoms with Gasteiger partial charge in [0.25, 0.3) is 0 Å². The van der Waals surface area contributed by atoms with Crippen molar-refractivity contribution >= 4 is 22.4 Å². The molecule has 3 heterocycles. The molecule has 0 aliphatic carbocycles. The second-order valence-corrected chi connectivity index (χ2v) is 4.98. The number of pyridine rings is 1. The van der Waals surface area contributed by atoms with Crippen molar-refractivity contribution in [3.63, 3.8) is 0 Å². The lowest BCUT2D eigenvalue weighted by atomic mass is 10.1. The SMILES string of the molecule is N#Cc1ccc2[nH]cc(-c3ccsc3C(F)(F)F)c2n1. The van der Waals surface area contributed by atoms with Gasteiger partial charge in [-0.15, -0.1) is 11.3 Å². The maximum atomic E-state index is 12.9. The molecule has 0 amide bonds. The molecule has 3 nitrogen and oxygen atoms in total. The summed E-state index contributed by atoms with van der Waals surface area (Å²) in [5.74, 6) is 0. The number of hydrogen-bond acceptors (Lipinski definition) is 3. The smallest absolute Gasteiger partial charge is 0.359 e. The number of nitrogens with zero attached hydrogens (tertiary/aromatic N) is 2. The van der Waals surface area contributed by atoms with Crippen LogP contribution in [-0.4, -0.2) is 9.97 Å². The first kappa shape index (κ1) is 12.7. The molecule has 3 aromatic heterocycles. The largest absolute Gasteiger partial charge is 0.426 e. The van der Waals surface area contributed by atoms with E-state index in [1.807, 2.05) is 6.07 Å². The van der Waals surface area contributed by atoms with Gasteiger partial charge in [-0.2, -0.15) is 18.4 Å². The van der Waals surface area contributed by atoms with Crippen LogP contribution in [0.1, 0.15) is 10.6 Å². The highest BCUT2D eigenvalue weighted by molar-refractivity contribution is 7.10. The summed E-state index contributed by atoms with van der Waals surface area (Å²) in [6.07, 6.45) is -2.92. The molecule has 0 fully saturated rings. The minimum absolute atomic E-state index is 0.0799. The van der Waals surface area contributed by atoms with E-state index >= 15 is 0 Å². The van der Waals surface area contributed by atoms with Gasteiger partial charge in [-0.25, -0.2) is 4.98 Å². The standard InChI is InChI=1S/C13H6F3N3S/c14-13(15,16)12-8(3-4-20-12)9-6-18-10-2-1-7(5-17)19-11(9)10/h1-4,6,18H. The third kappa shape index (κ3) is 1.94. The second-order valence-electron chi connectivity index (χ2n) is 4.07. The van der Waals surface area contributed by atoms with Gasteiger partial charge in [-0.3, -0.25) is 0 Å². The molecule has 0 atom stereocenters. The Kier molecular flexibility index (Phi) is 2.76. The summed E-state index contributed by atoms with van der Waals surface area (Å²) in [7, 11) is 0. The molecular formula is C13H6F3N3S. The van der Waals surface area contributed by atoms with E-state index in [1.54, 1.807) is 6.07 Å². The van der Waals surface area contributed by atoms with Gasteiger partial charge in [0.2, 0.25) is 0 Å². The van der Waals surface area contributed by atoms with Crippen molar-refractivity contribution in [3.05, 3.63) is 40.3 Å². The van der Waals surface area contributed by atoms with Gasteiger partial charge in [-0.1, -0.05) is 0 Å². The van der Waals surface area contributed by atoms with E-state index in [2.05, 4.69) is 9.97 Å². The number of nitriles is 1. The minimum atomic E-state index is -4.40. The minimum Gasteiger partial charge on any atom is -0.359 e.